The number of rotatable bonds is 0. The van der Waals surface area contributed by atoms with Crippen LogP contribution in [0.25, 0.3) is 0 Å². The molecule has 0 spiro atoms. The minimum Gasteiger partial charge on any atom is -0.870 e. The molecular weight excluding hydrogens is 234 g/mol. The van der Waals surface area contributed by atoms with Crippen molar-refractivity contribution < 1.29 is 46.1 Å². The predicted molar refractivity (Wildman–Crippen MR) is 42.3 cm³/mol. The van der Waals surface area contributed by atoms with Crippen LogP contribution in [-0.4, -0.2) is 85.9 Å². The Kier molecular flexibility index (Phi) is 1460. The summed E-state index contributed by atoms with van der Waals surface area (Å²) in [5.74, 6) is 0. The van der Waals surface area contributed by atoms with E-state index in [2.05, 4.69) is 0 Å². The fraction of sp³-hybridized carbons (Fsp3) is 0. The molecule has 78 valence electrons. The summed E-state index contributed by atoms with van der Waals surface area (Å²) in [6.45, 7) is 1.50. The summed E-state index contributed by atoms with van der Waals surface area (Å²) in [6, 6.07) is 0. The Hall–Kier alpha value is -0.645. The molecule has 0 atom stereocenters. The average molecular weight is 240 g/mol. The van der Waals surface area contributed by atoms with Crippen molar-refractivity contribution in [3.63, 3.8) is 0 Å². The molecule has 0 saturated heterocycles. The SMILES string of the molecule is O=[C-]O.O=[C-]O.O=[C-]O.[Al+3].[Al+3].[OH-].[OH-].[OH-]. The van der Waals surface area contributed by atoms with Crippen LogP contribution in [0.1, 0.15) is 0 Å². The molecule has 0 bridgehead atoms. The summed E-state index contributed by atoms with van der Waals surface area (Å²) in [4.78, 5) is 24.7. The fourth-order valence-corrected chi connectivity index (χ4v) is 0. The van der Waals surface area contributed by atoms with Crippen molar-refractivity contribution in [2.75, 3.05) is 0 Å². The topological polar surface area (TPSA) is 202 Å². The molecule has 11 heteroatoms. The second kappa shape index (κ2) is 287. The quantitative estimate of drug-likeness (QED) is 0.303. The molecule has 0 radical (unpaired) electrons. The molecular formula is C3H6Al2O9. The van der Waals surface area contributed by atoms with Gasteiger partial charge >= 0.3 is 34.7 Å². The third-order valence-corrected chi connectivity index (χ3v) is 0. The summed E-state index contributed by atoms with van der Waals surface area (Å²) in [5.41, 5.74) is 0. The van der Waals surface area contributed by atoms with Gasteiger partial charge < -0.3 is 46.1 Å². The molecule has 0 aromatic heterocycles. The van der Waals surface area contributed by atoms with E-state index < -0.39 is 0 Å². The van der Waals surface area contributed by atoms with Gasteiger partial charge in [-0.3, -0.25) is 0 Å². The number of hydrogen-bond acceptors (Lipinski definition) is 6. The van der Waals surface area contributed by atoms with Crippen LogP contribution in [0.15, 0.2) is 0 Å². The van der Waals surface area contributed by atoms with Gasteiger partial charge in [0.15, 0.2) is 0 Å². The molecule has 0 rings (SSSR count). The van der Waals surface area contributed by atoms with Crippen molar-refractivity contribution in [1.82, 2.24) is 0 Å². The van der Waals surface area contributed by atoms with Crippen LogP contribution in [0.2, 0.25) is 0 Å². The Morgan fingerprint density at radius 3 is 0.571 bits per heavy atom. The Balaban J connectivity index is -0.00000000545. The first-order chi connectivity index (χ1) is 4.24. The van der Waals surface area contributed by atoms with E-state index in [-0.39, 0.29) is 51.2 Å². The van der Waals surface area contributed by atoms with Crippen LogP contribution in [0.3, 0.4) is 0 Å². The number of aliphatic hydroxyl groups excluding tert-OH is 3. The van der Waals surface area contributed by atoms with Gasteiger partial charge in [0.25, 0.3) is 0 Å². The molecule has 6 N–H and O–H groups in total. The van der Waals surface area contributed by atoms with E-state index in [0.29, 0.717) is 19.4 Å². The van der Waals surface area contributed by atoms with Crippen LogP contribution in [0.5, 0.6) is 0 Å². The first-order valence-corrected chi connectivity index (χ1v) is 1.28. The molecule has 0 aliphatic heterocycles. The standard InChI is InChI=1S/3CHO2.2Al.3H2O/c3*2-1-3;;;;;/h3*(H,2,3);;;3*1H2/q3*-1;2*+3;;;/p-3. The maximum Gasteiger partial charge on any atom is 3.00 e. The Labute approximate surface area is 101 Å². The molecule has 0 heterocycles. The van der Waals surface area contributed by atoms with Gasteiger partial charge in [-0.2, -0.15) is 0 Å². The van der Waals surface area contributed by atoms with Crippen LogP contribution in [0, 0.1) is 0 Å². The van der Waals surface area contributed by atoms with E-state index in [0.717, 1.165) is 0 Å². The van der Waals surface area contributed by atoms with E-state index in [1.54, 1.807) is 0 Å². The van der Waals surface area contributed by atoms with Crippen molar-refractivity contribution in [2.24, 2.45) is 0 Å². The van der Waals surface area contributed by atoms with Gasteiger partial charge in [0.2, 0.25) is 0 Å². The van der Waals surface area contributed by atoms with Gasteiger partial charge in [-0.1, -0.05) is 19.4 Å². The summed E-state index contributed by atoms with van der Waals surface area (Å²) in [6.07, 6.45) is 0. The normalized spacial score (nSPS) is 2.57. The van der Waals surface area contributed by atoms with E-state index >= 15 is 0 Å². The van der Waals surface area contributed by atoms with Gasteiger partial charge in [-0.15, -0.1) is 0 Å². The first-order valence-electron chi connectivity index (χ1n) is 1.28. The third kappa shape index (κ3) is 2930. The summed E-state index contributed by atoms with van der Waals surface area (Å²) in [7, 11) is 0. The van der Waals surface area contributed by atoms with E-state index in [1.165, 1.54) is 0 Å². The molecule has 0 aliphatic carbocycles. The van der Waals surface area contributed by atoms with Crippen LogP contribution in [-0.2, 0) is 14.4 Å². The summed E-state index contributed by atoms with van der Waals surface area (Å²) >= 11 is 0. The largest absolute Gasteiger partial charge is 3.00 e. The van der Waals surface area contributed by atoms with E-state index in [9.17, 15) is 0 Å². The molecule has 0 aromatic carbocycles. The Bertz CT molecular complexity index is 54.8. The molecule has 0 unspecified atom stereocenters. The van der Waals surface area contributed by atoms with Crippen LogP contribution < -0.4 is 0 Å². The van der Waals surface area contributed by atoms with E-state index in [4.69, 9.17) is 29.7 Å². The Morgan fingerprint density at radius 1 is 0.571 bits per heavy atom. The maximum absolute atomic E-state index is 8.24. The second-order valence-electron chi connectivity index (χ2n) is 0.274. The van der Waals surface area contributed by atoms with Crippen molar-refractivity contribution in [3.8, 4) is 0 Å². The van der Waals surface area contributed by atoms with Gasteiger partial charge in [0, 0.05) is 0 Å². The van der Waals surface area contributed by atoms with Crippen molar-refractivity contribution in [3.05, 3.63) is 0 Å². The maximum atomic E-state index is 8.24. The van der Waals surface area contributed by atoms with Crippen molar-refractivity contribution >= 4 is 54.1 Å². The molecule has 0 aliphatic rings. The molecule has 0 amide bonds. The molecule has 0 fully saturated rings. The molecule has 0 aromatic rings. The molecule has 14 heavy (non-hydrogen) atoms. The van der Waals surface area contributed by atoms with Gasteiger partial charge in [0.1, 0.15) is 0 Å². The second-order valence-corrected chi connectivity index (χ2v) is 0.274. The van der Waals surface area contributed by atoms with Crippen LogP contribution in [0.4, 0.5) is 0 Å². The zero-order chi connectivity index (χ0) is 8.12. The van der Waals surface area contributed by atoms with Crippen molar-refractivity contribution in [1.29, 1.82) is 0 Å². The minimum atomic E-state index is 0. The van der Waals surface area contributed by atoms with Crippen LogP contribution >= 0.6 is 0 Å². The Morgan fingerprint density at radius 2 is 0.571 bits per heavy atom. The summed E-state index contributed by atoms with van der Waals surface area (Å²) < 4.78 is 0. The van der Waals surface area contributed by atoms with Crippen molar-refractivity contribution in [2.45, 2.75) is 0 Å². The van der Waals surface area contributed by atoms with Gasteiger partial charge in [0.05, 0.1) is 0 Å². The zero-order valence-corrected chi connectivity index (χ0v) is 8.87. The predicted octanol–water partition coefficient (Wildman–Crippen LogP) is -2.46. The average Bonchev–Trinajstić information content (AvgIpc) is 1.70. The minimum absolute atomic E-state index is 0. The first kappa shape index (κ1) is 71.1. The van der Waals surface area contributed by atoms with Gasteiger partial charge in [-0.05, 0) is 0 Å². The number of hydrogen-bond donors (Lipinski definition) is 3. The molecule has 0 saturated carbocycles. The smallest absolute Gasteiger partial charge is 0.870 e. The fourth-order valence-electron chi connectivity index (χ4n) is 0. The third-order valence-electron chi connectivity index (χ3n) is 0. The molecule has 9 nitrogen and oxygen atoms in total. The monoisotopic (exact) mass is 240 g/mol. The van der Waals surface area contributed by atoms with E-state index in [1.807, 2.05) is 0 Å². The van der Waals surface area contributed by atoms with Gasteiger partial charge in [-0.25, -0.2) is 0 Å². The summed E-state index contributed by atoms with van der Waals surface area (Å²) in [5, 5.41) is 20.3. The zero-order valence-electron chi connectivity index (χ0n) is 6.56.